The molecule has 0 saturated carbocycles. The highest BCUT2D eigenvalue weighted by Crippen LogP contribution is 2.24. The molecular weight excluding hydrogens is 416 g/mol. The number of methoxy groups -OCH3 is 1. The Labute approximate surface area is 195 Å². The summed E-state index contributed by atoms with van der Waals surface area (Å²) in [5.74, 6) is 1.45. The van der Waals surface area contributed by atoms with E-state index in [1.165, 1.54) is 0 Å². The fourth-order valence-corrected chi connectivity index (χ4v) is 3.91. The lowest BCUT2D eigenvalue weighted by molar-refractivity contribution is 0.0162. The highest BCUT2D eigenvalue weighted by Gasteiger charge is 2.23. The maximum atomic E-state index is 12.8. The van der Waals surface area contributed by atoms with E-state index in [0.29, 0.717) is 31.9 Å². The molecule has 1 saturated heterocycles. The van der Waals surface area contributed by atoms with E-state index in [-0.39, 0.29) is 11.9 Å². The number of hydrogen-bond donors (Lipinski definition) is 1. The van der Waals surface area contributed by atoms with Crippen molar-refractivity contribution in [2.45, 2.75) is 12.6 Å². The minimum absolute atomic E-state index is 0.0669. The molecule has 1 N–H and O–H groups in total. The smallest absolute Gasteiger partial charge is 0.251 e. The number of hydrogen-bond acceptors (Lipinski definition) is 5. The molecule has 1 aliphatic rings. The summed E-state index contributed by atoms with van der Waals surface area (Å²) in [6.07, 6.45) is 0. The lowest BCUT2D eigenvalue weighted by atomic mass is 10.0. The monoisotopic (exact) mass is 446 g/mol. The van der Waals surface area contributed by atoms with Crippen LogP contribution in [0.25, 0.3) is 0 Å². The molecule has 1 heterocycles. The van der Waals surface area contributed by atoms with Gasteiger partial charge in [-0.15, -0.1) is 0 Å². The van der Waals surface area contributed by atoms with Crippen LogP contribution in [0.2, 0.25) is 0 Å². The number of morpholine rings is 1. The van der Waals surface area contributed by atoms with E-state index in [0.717, 1.165) is 35.7 Å². The summed E-state index contributed by atoms with van der Waals surface area (Å²) in [6.45, 7) is 4.07. The van der Waals surface area contributed by atoms with Crippen molar-refractivity contribution in [2.75, 3.05) is 40.0 Å². The summed E-state index contributed by atoms with van der Waals surface area (Å²) in [5, 5.41) is 3.11. The van der Waals surface area contributed by atoms with Gasteiger partial charge in [-0.05, 0) is 47.5 Å². The van der Waals surface area contributed by atoms with Crippen LogP contribution in [0.5, 0.6) is 11.5 Å². The first-order chi connectivity index (χ1) is 16.2. The van der Waals surface area contributed by atoms with E-state index in [4.69, 9.17) is 14.2 Å². The predicted molar refractivity (Wildman–Crippen MR) is 128 cm³/mol. The normalized spacial score (nSPS) is 14.9. The van der Waals surface area contributed by atoms with Crippen LogP contribution in [0.15, 0.2) is 78.9 Å². The summed E-state index contributed by atoms with van der Waals surface area (Å²) in [4.78, 5) is 15.2. The van der Waals surface area contributed by atoms with Crippen LogP contribution in [-0.4, -0.2) is 50.8 Å². The van der Waals surface area contributed by atoms with Gasteiger partial charge >= 0.3 is 0 Å². The molecule has 0 aromatic heterocycles. The van der Waals surface area contributed by atoms with Crippen LogP contribution >= 0.6 is 0 Å². The summed E-state index contributed by atoms with van der Waals surface area (Å²) in [7, 11) is 1.66. The van der Waals surface area contributed by atoms with Crippen molar-refractivity contribution in [3.05, 3.63) is 95.6 Å². The Kier molecular flexibility index (Phi) is 7.95. The van der Waals surface area contributed by atoms with E-state index in [1.807, 2.05) is 54.6 Å². The van der Waals surface area contributed by atoms with Crippen LogP contribution < -0.4 is 14.8 Å². The Hall–Kier alpha value is -3.35. The molecule has 0 unspecified atom stereocenters. The van der Waals surface area contributed by atoms with Crippen molar-refractivity contribution in [2.24, 2.45) is 0 Å². The molecule has 6 nitrogen and oxygen atoms in total. The first-order valence-electron chi connectivity index (χ1n) is 11.2. The second-order valence-corrected chi connectivity index (χ2v) is 7.95. The third-order valence-electron chi connectivity index (χ3n) is 5.81. The SMILES string of the molecule is COc1ccc([C@H](CNC(=O)c2ccc(OCc3ccccc3)cc2)N2CCOCC2)cc1. The quantitative estimate of drug-likeness (QED) is 0.537. The van der Waals surface area contributed by atoms with Crippen LogP contribution in [0.4, 0.5) is 0 Å². The topological polar surface area (TPSA) is 60.0 Å². The zero-order chi connectivity index (χ0) is 22.9. The van der Waals surface area contributed by atoms with Crippen molar-refractivity contribution in [1.82, 2.24) is 10.2 Å². The molecule has 3 aromatic carbocycles. The average molecular weight is 447 g/mol. The van der Waals surface area contributed by atoms with Crippen LogP contribution in [0.3, 0.4) is 0 Å². The van der Waals surface area contributed by atoms with Gasteiger partial charge in [0.1, 0.15) is 18.1 Å². The van der Waals surface area contributed by atoms with E-state index in [2.05, 4.69) is 22.3 Å². The van der Waals surface area contributed by atoms with E-state index in [9.17, 15) is 4.79 Å². The van der Waals surface area contributed by atoms with Gasteiger partial charge in [-0.1, -0.05) is 42.5 Å². The van der Waals surface area contributed by atoms with Crippen molar-refractivity contribution in [3.63, 3.8) is 0 Å². The summed E-state index contributed by atoms with van der Waals surface area (Å²) < 4.78 is 16.6. The largest absolute Gasteiger partial charge is 0.497 e. The molecule has 6 heteroatoms. The molecule has 33 heavy (non-hydrogen) atoms. The number of carbonyl (C=O) groups is 1. The number of benzene rings is 3. The molecule has 0 bridgehead atoms. The van der Waals surface area contributed by atoms with Gasteiger partial charge in [0.25, 0.3) is 5.91 Å². The van der Waals surface area contributed by atoms with E-state index < -0.39 is 0 Å². The lowest BCUT2D eigenvalue weighted by Crippen LogP contribution is -2.43. The molecule has 1 amide bonds. The molecule has 172 valence electrons. The van der Waals surface area contributed by atoms with Crippen molar-refractivity contribution >= 4 is 5.91 Å². The predicted octanol–water partition coefficient (Wildman–Crippen LogP) is 4.08. The zero-order valence-corrected chi connectivity index (χ0v) is 18.9. The molecule has 1 fully saturated rings. The van der Waals surface area contributed by atoms with Gasteiger partial charge in [-0.3, -0.25) is 9.69 Å². The maximum absolute atomic E-state index is 12.8. The number of rotatable bonds is 9. The lowest BCUT2D eigenvalue weighted by Gasteiger charge is -2.35. The van der Waals surface area contributed by atoms with Gasteiger partial charge in [-0.2, -0.15) is 0 Å². The molecule has 3 aromatic rings. The standard InChI is InChI=1S/C27H30N2O4/c1-31-24-11-7-22(8-12-24)26(29-15-17-32-18-16-29)19-28-27(30)23-9-13-25(14-10-23)33-20-21-5-3-2-4-6-21/h2-14,26H,15-20H2,1H3,(H,28,30)/t26-/m0/s1. The molecular formula is C27H30N2O4. The van der Waals surface area contributed by atoms with Gasteiger partial charge in [0.15, 0.2) is 0 Å². The Bertz CT molecular complexity index is 1000. The second kappa shape index (κ2) is 11.5. The first kappa shape index (κ1) is 22.8. The summed E-state index contributed by atoms with van der Waals surface area (Å²) >= 11 is 0. The van der Waals surface area contributed by atoms with E-state index in [1.54, 1.807) is 19.2 Å². The third-order valence-corrected chi connectivity index (χ3v) is 5.81. The second-order valence-electron chi connectivity index (χ2n) is 7.95. The fourth-order valence-electron chi connectivity index (χ4n) is 3.91. The molecule has 1 aliphatic heterocycles. The number of carbonyl (C=O) groups excluding carboxylic acids is 1. The van der Waals surface area contributed by atoms with Gasteiger partial charge in [0.2, 0.25) is 0 Å². The molecule has 0 radical (unpaired) electrons. The van der Waals surface area contributed by atoms with Crippen molar-refractivity contribution < 1.29 is 19.0 Å². The zero-order valence-electron chi connectivity index (χ0n) is 18.9. The Morgan fingerprint density at radius 3 is 2.27 bits per heavy atom. The summed E-state index contributed by atoms with van der Waals surface area (Å²) in [5.41, 5.74) is 2.85. The van der Waals surface area contributed by atoms with Gasteiger partial charge in [0.05, 0.1) is 26.4 Å². The fraction of sp³-hybridized carbons (Fsp3) is 0.296. The van der Waals surface area contributed by atoms with Crippen molar-refractivity contribution in [3.8, 4) is 11.5 Å². The van der Waals surface area contributed by atoms with Gasteiger partial charge < -0.3 is 19.5 Å². The number of ether oxygens (including phenoxy) is 3. The van der Waals surface area contributed by atoms with Crippen molar-refractivity contribution in [1.29, 1.82) is 0 Å². The minimum atomic E-state index is -0.101. The first-order valence-corrected chi connectivity index (χ1v) is 11.2. The minimum Gasteiger partial charge on any atom is -0.497 e. The van der Waals surface area contributed by atoms with Gasteiger partial charge in [0, 0.05) is 25.2 Å². The van der Waals surface area contributed by atoms with Crippen LogP contribution in [-0.2, 0) is 11.3 Å². The van der Waals surface area contributed by atoms with Gasteiger partial charge in [-0.25, -0.2) is 0 Å². The Balaban J connectivity index is 1.37. The number of nitrogens with zero attached hydrogens (tertiary/aromatic N) is 1. The highest BCUT2D eigenvalue weighted by atomic mass is 16.5. The van der Waals surface area contributed by atoms with Crippen LogP contribution in [0.1, 0.15) is 27.5 Å². The van der Waals surface area contributed by atoms with E-state index >= 15 is 0 Å². The Morgan fingerprint density at radius 2 is 1.61 bits per heavy atom. The highest BCUT2D eigenvalue weighted by molar-refractivity contribution is 5.94. The Morgan fingerprint density at radius 1 is 0.939 bits per heavy atom. The average Bonchev–Trinajstić information content (AvgIpc) is 2.89. The third kappa shape index (κ3) is 6.34. The molecule has 0 spiro atoms. The number of amides is 1. The summed E-state index contributed by atoms with van der Waals surface area (Å²) in [6, 6.07) is 25.4. The molecule has 1 atom stereocenters. The van der Waals surface area contributed by atoms with Crippen LogP contribution in [0, 0.1) is 0 Å². The maximum Gasteiger partial charge on any atom is 0.251 e. The molecule has 0 aliphatic carbocycles. The number of nitrogens with one attached hydrogen (secondary N) is 1. The molecule has 4 rings (SSSR count).